The molecule has 0 fully saturated rings. The van der Waals surface area contributed by atoms with Gasteiger partial charge in [-0.15, -0.1) is 5.10 Å². The second kappa shape index (κ2) is 6.25. The summed E-state index contributed by atoms with van der Waals surface area (Å²) in [5.74, 6) is 0.546. The van der Waals surface area contributed by atoms with Gasteiger partial charge in [0.25, 0.3) is 5.56 Å². The minimum absolute atomic E-state index is 0.317. The molecule has 10 heteroatoms. The Kier molecular flexibility index (Phi) is 3.61. The van der Waals surface area contributed by atoms with Crippen molar-refractivity contribution in [2.75, 3.05) is 4.90 Å². The summed E-state index contributed by atoms with van der Waals surface area (Å²) in [6, 6.07) is 11.1. The number of furan rings is 1. The van der Waals surface area contributed by atoms with Crippen molar-refractivity contribution in [2.45, 2.75) is 6.54 Å². The fourth-order valence-electron chi connectivity index (χ4n) is 2.79. The topological polar surface area (TPSA) is 114 Å². The van der Waals surface area contributed by atoms with Crippen LogP contribution in [0.4, 0.5) is 10.8 Å². The molecule has 0 atom stereocenters. The van der Waals surface area contributed by atoms with Crippen molar-refractivity contribution in [3.8, 4) is 0 Å². The van der Waals surface area contributed by atoms with E-state index in [2.05, 4.69) is 30.6 Å². The highest BCUT2D eigenvalue weighted by Gasteiger charge is 2.18. The number of rotatable bonds is 4. The van der Waals surface area contributed by atoms with Crippen LogP contribution in [0.25, 0.3) is 21.2 Å². The van der Waals surface area contributed by atoms with E-state index in [9.17, 15) is 4.79 Å². The van der Waals surface area contributed by atoms with Crippen LogP contribution in [-0.4, -0.2) is 30.6 Å². The van der Waals surface area contributed by atoms with Gasteiger partial charge < -0.3 is 9.32 Å². The Balaban J connectivity index is 1.68. The quantitative estimate of drug-likeness (QED) is 0.508. The molecule has 0 amide bonds. The van der Waals surface area contributed by atoms with Crippen molar-refractivity contribution in [1.82, 2.24) is 30.6 Å². The molecule has 5 aromatic rings. The monoisotopic (exact) mass is 377 g/mol. The highest BCUT2D eigenvalue weighted by atomic mass is 32.1. The molecule has 0 aliphatic carbocycles. The predicted molar refractivity (Wildman–Crippen MR) is 99.9 cm³/mol. The Morgan fingerprint density at radius 3 is 3.07 bits per heavy atom. The third kappa shape index (κ3) is 2.81. The van der Waals surface area contributed by atoms with Crippen LogP contribution in [0.5, 0.6) is 0 Å². The first kappa shape index (κ1) is 15.6. The number of aromatic amines is 1. The van der Waals surface area contributed by atoms with E-state index in [0.717, 1.165) is 16.7 Å². The number of aromatic nitrogens is 6. The number of H-pyrrole nitrogens is 1. The van der Waals surface area contributed by atoms with E-state index in [1.165, 1.54) is 11.3 Å². The molecule has 0 saturated carbocycles. The molecule has 0 unspecified atom stereocenters. The Hall–Kier alpha value is -3.66. The SMILES string of the molecule is O=c1nc(N(Cc2nnn[nH]2)c2ccc3occc3c2)sc2ncccc12. The van der Waals surface area contributed by atoms with Gasteiger partial charge in [0.2, 0.25) is 0 Å². The Bertz CT molecular complexity index is 1300. The molecule has 0 bridgehead atoms. The van der Waals surface area contributed by atoms with Crippen LogP contribution in [-0.2, 0) is 6.54 Å². The van der Waals surface area contributed by atoms with E-state index in [1.54, 1.807) is 24.6 Å². The molecule has 1 N–H and O–H groups in total. The molecular weight excluding hydrogens is 366 g/mol. The first-order valence-corrected chi connectivity index (χ1v) is 8.83. The molecule has 27 heavy (non-hydrogen) atoms. The Labute approximate surface area is 155 Å². The third-order valence-corrected chi connectivity index (χ3v) is 5.08. The molecule has 0 aliphatic heterocycles. The highest BCUT2D eigenvalue weighted by Crippen LogP contribution is 2.32. The fourth-order valence-corrected chi connectivity index (χ4v) is 3.75. The molecule has 4 aromatic heterocycles. The maximum Gasteiger partial charge on any atom is 0.282 e. The van der Waals surface area contributed by atoms with Gasteiger partial charge in [-0.2, -0.15) is 4.98 Å². The van der Waals surface area contributed by atoms with E-state index < -0.39 is 0 Å². The summed E-state index contributed by atoms with van der Waals surface area (Å²) in [5, 5.41) is 15.9. The predicted octanol–water partition coefficient (Wildman–Crippen LogP) is 2.65. The van der Waals surface area contributed by atoms with Gasteiger partial charge in [-0.1, -0.05) is 11.3 Å². The van der Waals surface area contributed by atoms with Crippen LogP contribution < -0.4 is 10.5 Å². The zero-order valence-corrected chi connectivity index (χ0v) is 14.6. The average Bonchev–Trinajstić information content (AvgIpc) is 3.37. The van der Waals surface area contributed by atoms with Crippen LogP contribution in [0, 0.1) is 0 Å². The molecule has 0 spiro atoms. The molecule has 132 valence electrons. The first-order valence-electron chi connectivity index (χ1n) is 8.01. The standard InChI is InChI=1S/C17H11N7O2S/c25-15-12-2-1-6-18-16(12)27-17(19-15)24(9-14-20-22-23-21-14)11-3-4-13-10(8-11)5-7-26-13/h1-8H,9H2,(H,20,21,22,23). The smallest absolute Gasteiger partial charge is 0.282 e. The van der Waals surface area contributed by atoms with Crippen molar-refractivity contribution in [1.29, 1.82) is 0 Å². The zero-order valence-electron chi connectivity index (χ0n) is 13.7. The Morgan fingerprint density at radius 2 is 2.19 bits per heavy atom. The van der Waals surface area contributed by atoms with Gasteiger partial charge in [-0.3, -0.25) is 4.79 Å². The molecular formula is C17H11N7O2S. The molecule has 4 heterocycles. The van der Waals surface area contributed by atoms with E-state index in [4.69, 9.17) is 4.42 Å². The second-order valence-electron chi connectivity index (χ2n) is 5.73. The normalized spacial score (nSPS) is 11.3. The lowest BCUT2D eigenvalue weighted by atomic mass is 10.2. The van der Waals surface area contributed by atoms with Crippen LogP contribution in [0.1, 0.15) is 5.82 Å². The number of nitrogens with zero attached hydrogens (tertiary/aromatic N) is 6. The van der Waals surface area contributed by atoms with Gasteiger partial charge in [0.15, 0.2) is 11.0 Å². The lowest BCUT2D eigenvalue weighted by molar-refractivity contribution is 0.616. The summed E-state index contributed by atoms with van der Waals surface area (Å²) < 4.78 is 5.41. The van der Waals surface area contributed by atoms with E-state index >= 15 is 0 Å². The van der Waals surface area contributed by atoms with Crippen molar-refractivity contribution < 1.29 is 4.42 Å². The van der Waals surface area contributed by atoms with E-state index in [0.29, 0.717) is 27.7 Å². The number of nitrogens with one attached hydrogen (secondary N) is 1. The maximum atomic E-state index is 12.5. The summed E-state index contributed by atoms with van der Waals surface area (Å²) in [7, 11) is 0. The second-order valence-corrected chi connectivity index (χ2v) is 6.69. The number of hydrogen-bond acceptors (Lipinski definition) is 9. The lowest BCUT2D eigenvalue weighted by Gasteiger charge is -2.21. The molecule has 0 aliphatic rings. The van der Waals surface area contributed by atoms with Crippen molar-refractivity contribution in [3.05, 3.63) is 65.0 Å². The van der Waals surface area contributed by atoms with Crippen LogP contribution in [0.2, 0.25) is 0 Å². The minimum atomic E-state index is -0.322. The Morgan fingerprint density at radius 1 is 1.22 bits per heavy atom. The first-order chi connectivity index (χ1) is 13.3. The van der Waals surface area contributed by atoms with Gasteiger partial charge in [0.05, 0.1) is 18.2 Å². The molecule has 0 radical (unpaired) electrons. The number of benzene rings is 1. The lowest BCUT2D eigenvalue weighted by Crippen LogP contribution is -2.21. The number of anilines is 2. The van der Waals surface area contributed by atoms with Crippen molar-refractivity contribution in [2.24, 2.45) is 0 Å². The molecule has 9 nitrogen and oxygen atoms in total. The third-order valence-electron chi connectivity index (χ3n) is 4.06. The van der Waals surface area contributed by atoms with Crippen molar-refractivity contribution in [3.63, 3.8) is 0 Å². The van der Waals surface area contributed by atoms with Crippen LogP contribution in [0.3, 0.4) is 0 Å². The average molecular weight is 377 g/mol. The largest absolute Gasteiger partial charge is 0.464 e. The van der Waals surface area contributed by atoms with Crippen LogP contribution in [0.15, 0.2) is 58.1 Å². The van der Waals surface area contributed by atoms with Gasteiger partial charge >= 0.3 is 0 Å². The maximum absolute atomic E-state index is 12.5. The summed E-state index contributed by atoms with van der Waals surface area (Å²) in [6.45, 7) is 0.317. The summed E-state index contributed by atoms with van der Waals surface area (Å²) in [5.41, 5.74) is 1.29. The zero-order chi connectivity index (χ0) is 18.2. The molecule has 1 aromatic carbocycles. The number of tetrazole rings is 1. The molecule has 5 rings (SSSR count). The minimum Gasteiger partial charge on any atom is -0.464 e. The van der Waals surface area contributed by atoms with E-state index in [1.807, 2.05) is 29.2 Å². The number of hydrogen-bond donors (Lipinski definition) is 1. The van der Waals surface area contributed by atoms with E-state index in [-0.39, 0.29) is 5.56 Å². The summed E-state index contributed by atoms with van der Waals surface area (Å²) in [6.07, 6.45) is 3.29. The van der Waals surface area contributed by atoms with Gasteiger partial charge in [-0.05, 0) is 46.8 Å². The number of fused-ring (bicyclic) bond motifs is 2. The molecule has 0 saturated heterocycles. The van der Waals surface area contributed by atoms with Crippen LogP contribution >= 0.6 is 11.3 Å². The highest BCUT2D eigenvalue weighted by molar-refractivity contribution is 7.21. The summed E-state index contributed by atoms with van der Waals surface area (Å²) >= 11 is 1.33. The van der Waals surface area contributed by atoms with Gasteiger partial charge in [-0.25, -0.2) is 10.1 Å². The van der Waals surface area contributed by atoms with Crippen molar-refractivity contribution >= 4 is 43.3 Å². The number of pyridine rings is 1. The van der Waals surface area contributed by atoms with Gasteiger partial charge in [0, 0.05) is 17.3 Å². The summed E-state index contributed by atoms with van der Waals surface area (Å²) in [4.78, 5) is 23.5. The van der Waals surface area contributed by atoms with Gasteiger partial charge in [0.1, 0.15) is 10.4 Å². The fraction of sp³-hybridized carbons (Fsp3) is 0.0588.